The van der Waals surface area contributed by atoms with E-state index >= 15 is 0 Å². The molecule has 10 heavy (non-hydrogen) atoms. The van der Waals surface area contributed by atoms with Gasteiger partial charge in [-0.25, -0.2) is 0 Å². The highest BCUT2D eigenvalue weighted by molar-refractivity contribution is 6.32. The van der Waals surface area contributed by atoms with Gasteiger partial charge >= 0.3 is 0 Å². The van der Waals surface area contributed by atoms with Crippen LogP contribution in [0.4, 0.5) is 0 Å². The van der Waals surface area contributed by atoms with E-state index < -0.39 is 0 Å². The molecule has 0 amide bonds. The van der Waals surface area contributed by atoms with Gasteiger partial charge in [0.15, 0.2) is 0 Å². The predicted octanol–water partition coefficient (Wildman–Crippen LogP) is 0.500. The minimum absolute atomic E-state index is 0.0978. The minimum Gasteiger partial charge on any atom is -0.324 e. The van der Waals surface area contributed by atoms with E-state index in [1.165, 1.54) is 0 Å². The van der Waals surface area contributed by atoms with Gasteiger partial charge in [-0.15, -0.1) is 0 Å². The Morgan fingerprint density at radius 1 is 1.30 bits per heavy atom. The van der Waals surface area contributed by atoms with E-state index in [0.717, 1.165) is 11.0 Å². The highest BCUT2D eigenvalue weighted by atomic mass is 14.6. The van der Waals surface area contributed by atoms with Gasteiger partial charge < -0.3 is 5.73 Å². The first kappa shape index (κ1) is 7.35. The van der Waals surface area contributed by atoms with E-state index in [1.807, 2.05) is 31.2 Å². The lowest BCUT2D eigenvalue weighted by molar-refractivity contribution is 0.819. The topological polar surface area (TPSA) is 26.0 Å². The summed E-state index contributed by atoms with van der Waals surface area (Å²) >= 11 is 0. The van der Waals surface area contributed by atoms with E-state index in [4.69, 9.17) is 13.6 Å². The third-order valence-electron chi connectivity index (χ3n) is 1.46. The van der Waals surface area contributed by atoms with Crippen LogP contribution in [0.3, 0.4) is 0 Å². The van der Waals surface area contributed by atoms with Gasteiger partial charge in [-0.3, -0.25) is 0 Å². The van der Waals surface area contributed by atoms with Gasteiger partial charge in [-0.2, -0.15) is 0 Å². The molecule has 0 aliphatic rings. The van der Waals surface area contributed by atoms with Crippen LogP contribution < -0.4 is 11.2 Å². The smallest absolute Gasteiger partial charge is 0.113 e. The Bertz CT molecular complexity index is 203. The predicted molar refractivity (Wildman–Crippen MR) is 44.4 cm³/mol. The Kier molecular flexibility index (Phi) is 2.12. The van der Waals surface area contributed by atoms with Crippen molar-refractivity contribution in [3.05, 3.63) is 29.8 Å². The average molecular weight is 131 g/mol. The average Bonchev–Trinajstić information content (AvgIpc) is 1.88. The molecule has 50 valence electrons. The van der Waals surface area contributed by atoms with Crippen LogP contribution in [0.5, 0.6) is 0 Å². The van der Waals surface area contributed by atoms with Gasteiger partial charge in [0, 0.05) is 6.04 Å². The minimum atomic E-state index is 0.0978. The zero-order chi connectivity index (χ0) is 7.56. The molecular formula is C8H10BN. The molecule has 1 atom stereocenters. The van der Waals surface area contributed by atoms with Crippen molar-refractivity contribution in [1.29, 1.82) is 0 Å². The van der Waals surface area contributed by atoms with E-state index in [2.05, 4.69) is 0 Å². The molecule has 0 spiro atoms. The second kappa shape index (κ2) is 2.89. The molecule has 0 aromatic heterocycles. The summed E-state index contributed by atoms with van der Waals surface area (Å²) < 4.78 is 0. The van der Waals surface area contributed by atoms with Crippen molar-refractivity contribution in [2.75, 3.05) is 0 Å². The molecule has 0 saturated carbocycles. The number of hydrogen-bond donors (Lipinski definition) is 1. The van der Waals surface area contributed by atoms with Crippen molar-refractivity contribution in [3.63, 3.8) is 0 Å². The summed E-state index contributed by atoms with van der Waals surface area (Å²) in [5, 5.41) is 0. The van der Waals surface area contributed by atoms with E-state index in [9.17, 15) is 0 Å². The Morgan fingerprint density at radius 2 is 1.80 bits per heavy atom. The molecule has 2 radical (unpaired) electrons. The van der Waals surface area contributed by atoms with Gasteiger partial charge in [-0.05, 0) is 12.5 Å². The molecule has 0 bridgehead atoms. The van der Waals surface area contributed by atoms with E-state index in [-0.39, 0.29) is 6.04 Å². The maximum Gasteiger partial charge on any atom is 0.113 e. The first-order valence-corrected chi connectivity index (χ1v) is 3.31. The third-order valence-corrected chi connectivity index (χ3v) is 1.46. The lowest BCUT2D eigenvalue weighted by Crippen LogP contribution is -2.07. The van der Waals surface area contributed by atoms with Crippen LogP contribution in [0.1, 0.15) is 18.5 Å². The summed E-state index contributed by atoms with van der Waals surface area (Å²) in [6.07, 6.45) is 0. The second-order valence-corrected chi connectivity index (χ2v) is 2.46. The van der Waals surface area contributed by atoms with Crippen LogP contribution in [-0.2, 0) is 0 Å². The quantitative estimate of drug-likeness (QED) is 0.551. The molecule has 1 aromatic rings. The molecule has 0 heterocycles. The van der Waals surface area contributed by atoms with Crippen LogP contribution in [0.25, 0.3) is 0 Å². The Hall–Kier alpha value is -0.755. The molecular weight excluding hydrogens is 121 g/mol. The zero-order valence-corrected chi connectivity index (χ0v) is 6.04. The van der Waals surface area contributed by atoms with Crippen molar-refractivity contribution >= 4 is 13.3 Å². The standard InChI is InChI=1S/C8H10BN/c1-6(10)7-2-4-8(9)5-3-7/h2-6H,10H2,1H3/t6-/m1/s1. The second-order valence-electron chi connectivity index (χ2n) is 2.46. The van der Waals surface area contributed by atoms with Crippen LogP contribution in [-0.4, -0.2) is 7.85 Å². The molecule has 2 heteroatoms. The van der Waals surface area contributed by atoms with Gasteiger partial charge in [0.25, 0.3) is 0 Å². The lowest BCUT2D eigenvalue weighted by Gasteiger charge is -2.04. The SMILES string of the molecule is [B]c1ccc([C@@H](C)N)cc1. The maximum atomic E-state index is 5.62. The number of hydrogen-bond acceptors (Lipinski definition) is 1. The molecule has 0 unspecified atom stereocenters. The molecule has 1 aromatic carbocycles. The number of benzene rings is 1. The van der Waals surface area contributed by atoms with Gasteiger partial charge in [-0.1, -0.05) is 29.7 Å². The summed E-state index contributed by atoms with van der Waals surface area (Å²) in [4.78, 5) is 0. The fourth-order valence-electron chi connectivity index (χ4n) is 0.800. The zero-order valence-electron chi connectivity index (χ0n) is 6.04. The Labute approximate surface area is 62.7 Å². The first-order chi connectivity index (χ1) is 4.70. The summed E-state index contributed by atoms with van der Waals surface area (Å²) in [6, 6.07) is 7.71. The van der Waals surface area contributed by atoms with Gasteiger partial charge in [0.1, 0.15) is 7.85 Å². The van der Waals surface area contributed by atoms with Crippen molar-refractivity contribution in [2.24, 2.45) is 5.73 Å². The fourth-order valence-corrected chi connectivity index (χ4v) is 0.800. The van der Waals surface area contributed by atoms with E-state index in [0.29, 0.717) is 0 Å². The maximum absolute atomic E-state index is 5.62. The fraction of sp³-hybridized carbons (Fsp3) is 0.250. The van der Waals surface area contributed by atoms with Crippen LogP contribution in [0.15, 0.2) is 24.3 Å². The summed E-state index contributed by atoms with van der Waals surface area (Å²) in [7, 11) is 5.49. The van der Waals surface area contributed by atoms with Crippen molar-refractivity contribution in [1.82, 2.24) is 0 Å². The normalized spacial score (nSPS) is 13.0. The molecule has 1 nitrogen and oxygen atoms in total. The monoisotopic (exact) mass is 131 g/mol. The number of rotatable bonds is 1. The molecule has 1 rings (SSSR count). The summed E-state index contributed by atoms with van der Waals surface area (Å²) in [5.41, 5.74) is 7.52. The Balaban J connectivity index is 2.89. The third kappa shape index (κ3) is 1.61. The van der Waals surface area contributed by atoms with Crippen molar-refractivity contribution in [3.8, 4) is 0 Å². The van der Waals surface area contributed by atoms with Crippen molar-refractivity contribution < 1.29 is 0 Å². The molecule has 0 fully saturated rings. The highest BCUT2D eigenvalue weighted by Crippen LogP contribution is 2.05. The molecule has 2 N–H and O–H groups in total. The lowest BCUT2D eigenvalue weighted by atomic mass is 9.94. The summed E-state index contributed by atoms with van der Waals surface area (Å²) in [5.74, 6) is 0. The molecule has 0 saturated heterocycles. The first-order valence-electron chi connectivity index (χ1n) is 3.31. The highest BCUT2D eigenvalue weighted by Gasteiger charge is 1.95. The van der Waals surface area contributed by atoms with Crippen molar-refractivity contribution in [2.45, 2.75) is 13.0 Å². The Morgan fingerprint density at radius 3 is 2.20 bits per heavy atom. The molecule has 0 aliphatic carbocycles. The van der Waals surface area contributed by atoms with E-state index in [1.54, 1.807) is 0 Å². The van der Waals surface area contributed by atoms with Crippen LogP contribution >= 0.6 is 0 Å². The molecule has 0 aliphatic heterocycles. The summed E-state index contributed by atoms with van der Waals surface area (Å²) in [6.45, 7) is 1.95. The largest absolute Gasteiger partial charge is 0.324 e. The van der Waals surface area contributed by atoms with Crippen LogP contribution in [0, 0.1) is 0 Å². The number of nitrogens with two attached hydrogens (primary N) is 1. The van der Waals surface area contributed by atoms with Gasteiger partial charge in [0.05, 0.1) is 0 Å². The van der Waals surface area contributed by atoms with Crippen LogP contribution in [0.2, 0.25) is 0 Å². The van der Waals surface area contributed by atoms with Gasteiger partial charge in [0.2, 0.25) is 0 Å².